The Hall–Kier alpha value is -1.48. The SMILES string of the molecule is CC(C)(C)OC(=O)N=[S@](N)(=O)c1ccn(CF)n1. The molecule has 7 nitrogen and oxygen atoms in total. The van der Waals surface area contributed by atoms with E-state index in [9.17, 15) is 13.4 Å². The van der Waals surface area contributed by atoms with Crippen molar-refractivity contribution >= 4 is 16.0 Å². The molecule has 0 saturated carbocycles. The lowest BCUT2D eigenvalue weighted by molar-refractivity contribution is 0.0607. The number of alkyl halides is 1. The minimum atomic E-state index is -3.52. The van der Waals surface area contributed by atoms with Crippen LogP contribution < -0.4 is 5.14 Å². The number of carbonyl (C=O) groups excluding carboxylic acids is 1. The first kappa shape index (κ1) is 14.6. The van der Waals surface area contributed by atoms with E-state index >= 15 is 0 Å². The molecule has 2 N–H and O–H groups in total. The minimum Gasteiger partial charge on any atom is -0.442 e. The summed E-state index contributed by atoms with van der Waals surface area (Å²) in [6.45, 7) is 4.02. The van der Waals surface area contributed by atoms with Gasteiger partial charge < -0.3 is 4.74 Å². The molecule has 18 heavy (non-hydrogen) atoms. The second kappa shape index (κ2) is 5.02. The van der Waals surface area contributed by atoms with Crippen molar-refractivity contribution in [1.29, 1.82) is 0 Å². The zero-order valence-corrected chi connectivity index (χ0v) is 11.1. The van der Waals surface area contributed by atoms with Crippen molar-refractivity contribution < 1.29 is 18.1 Å². The van der Waals surface area contributed by atoms with Crippen LogP contribution in [0.15, 0.2) is 21.7 Å². The van der Waals surface area contributed by atoms with E-state index < -0.39 is 28.4 Å². The molecule has 0 aliphatic carbocycles. The van der Waals surface area contributed by atoms with E-state index in [-0.39, 0.29) is 5.03 Å². The molecular formula is C9H15FN4O3S. The first-order valence-corrected chi connectivity index (χ1v) is 6.59. The first-order chi connectivity index (χ1) is 8.14. The summed E-state index contributed by atoms with van der Waals surface area (Å²) >= 11 is 0. The third-order valence-electron chi connectivity index (χ3n) is 1.64. The Morgan fingerprint density at radius 3 is 2.72 bits per heavy atom. The minimum absolute atomic E-state index is 0.175. The van der Waals surface area contributed by atoms with Crippen molar-refractivity contribution in [2.45, 2.75) is 38.2 Å². The van der Waals surface area contributed by atoms with E-state index in [0.29, 0.717) is 0 Å². The molecule has 0 aliphatic rings. The van der Waals surface area contributed by atoms with Crippen molar-refractivity contribution in [2.75, 3.05) is 0 Å². The Bertz CT molecular complexity index is 554. The number of amides is 1. The van der Waals surface area contributed by atoms with Crippen LogP contribution in [-0.2, 0) is 21.5 Å². The number of carbonyl (C=O) groups is 1. The summed E-state index contributed by atoms with van der Waals surface area (Å²) in [6.07, 6.45) is 0.191. The molecule has 1 atom stereocenters. The maximum Gasteiger partial charge on any atom is 0.443 e. The van der Waals surface area contributed by atoms with Gasteiger partial charge in [0, 0.05) is 6.20 Å². The maximum absolute atomic E-state index is 12.3. The predicted octanol–water partition coefficient (Wildman–Crippen LogP) is 1.45. The number of halogens is 1. The molecule has 1 amide bonds. The van der Waals surface area contributed by atoms with Crippen LogP contribution in [0.5, 0.6) is 0 Å². The molecule has 1 aromatic rings. The molecule has 1 rings (SSSR count). The Balaban J connectivity index is 2.99. The Kier molecular flexibility index (Phi) is 4.07. The number of ether oxygens (including phenoxy) is 1. The van der Waals surface area contributed by atoms with Crippen molar-refractivity contribution in [3.05, 3.63) is 12.3 Å². The molecule has 0 saturated heterocycles. The van der Waals surface area contributed by atoms with Crippen molar-refractivity contribution in [2.24, 2.45) is 9.50 Å². The van der Waals surface area contributed by atoms with Gasteiger partial charge in [0.15, 0.2) is 21.7 Å². The quantitative estimate of drug-likeness (QED) is 0.884. The normalized spacial score (nSPS) is 14.9. The first-order valence-electron chi connectivity index (χ1n) is 5.01. The molecule has 0 spiro atoms. The van der Waals surface area contributed by atoms with E-state index in [1.807, 2.05) is 0 Å². The highest BCUT2D eigenvalue weighted by Gasteiger charge is 2.19. The van der Waals surface area contributed by atoms with Crippen LogP contribution in [0.3, 0.4) is 0 Å². The molecule has 0 aliphatic heterocycles. The molecule has 0 fully saturated rings. The number of nitrogens with two attached hydrogens (primary N) is 1. The number of hydrogen-bond donors (Lipinski definition) is 1. The van der Waals surface area contributed by atoms with Gasteiger partial charge in [0.2, 0.25) is 0 Å². The van der Waals surface area contributed by atoms with Gasteiger partial charge in [-0.05, 0) is 26.8 Å². The fourth-order valence-electron chi connectivity index (χ4n) is 1.00. The van der Waals surface area contributed by atoms with Crippen LogP contribution in [0.4, 0.5) is 9.18 Å². The molecule has 9 heteroatoms. The molecule has 1 aromatic heterocycles. The van der Waals surface area contributed by atoms with E-state index in [1.165, 1.54) is 12.3 Å². The van der Waals surface area contributed by atoms with Crippen molar-refractivity contribution in [3.63, 3.8) is 0 Å². The summed E-state index contributed by atoms with van der Waals surface area (Å²) in [7, 11) is -3.52. The van der Waals surface area contributed by atoms with Gasteiger partial charge >= 0.3 is 6.09 Å². The lowest BCUT2D eigenvalue weighted by Crippen LogP contribution is -2.24. The zero-order chi connectivity index (χ0) is 14.0. The number of hydrogen-bond acceptors (Lipinski definition) is 4. The molecule has 1 heterocycles. The topological polar surface area (TPSA) is 99.6 Å². The highest BCUT2D eigenvalue weighted by Crippen LogP contribution is 2.11. The Labute approximate surface area is 104 Å². The van der Waals surface area contributed by atoms with Gasteiger partial charge in [-0.15, -0.1) is 4.36 Å². The van der Waals surface area contributed by atoms with Crippen LogP contribution in [-0.4, -0.2) is 25.7 Å². The van der Waals surface area contributed by atoms with Crippen molar-refractivity contribution in [3.8, 4) is 0 Å². The molecule has 0 aromatic carbocycles. The van der Waals surface area contributed by atoms with Crippen LogP contribution in [0.1, 0.15) is 20.8 Å². The standard InChI is InChI=1S/C9H15FN4O3S/c1-9(2,3)17-8(15)13-18(11,16)7-4-5-14(6-10)12-7/h4-5H,6H2,1-3H3,(H2,11,13,15,16)/t18-/m0/s1. The summed E-state index contributed by atoms with van der Waals surface area (Å²) in [5.41, 5.74) is -0.769. The van der Waals surface area contributed by atoms with Crippen LogP contribution in [0.25, 0.3) is 0 Å². The van der Waals surface area contributed by atoms with Crippen LogP contribution in [0, 0.1) is 0 Å². The lowest BCUT2D eigenvalue weighted by atomic mass is 10.2. The summed E-state index contributed by atoms with van der Waals surface area (Å²) in [5.74, 6) is 0. The van der Waals surface area contributed by atoms with Gasteiger partial charge in [0.1, 0.15) is 5.60 Å². The van der Waals surface area contributed by atoms with E-state index in [4.69, 9.17) is 9.88 Å². The molecule has 102 valence electrons. The number of aromatic nitrogens is 2. The summed E-state index contributed by atoms with van der Waals surface area (Å²) in [5, 5.41) is 8.80. The van der Waals surface area contributed by atoms with Gasteiger partial charge in [-0.1, -0.05) is 0 Å². The van der Waals surface area contributed by atoms with Gasteiger partial charge in [-0.2, -0.15) is 5.10 Å². The van der Waals surface area contributed by atoms with Crippen LogP contribution >= 0.6 is 0 Å². The average Bonchev–Trinajstić information content (AvgIpc) is 2.61. The largest absolute Gasteiger partial charge is 0.443 e. The van der Waals surface area contributed by atoms with Gasteiger partial charge in [0.05, 0.1) is 0 Å². The Morgan fingerprint density at radius 1 is 1.67 bits per heavy atom. The average molecular weight is 278 g/mol. The molecule has 0 bridgehead atoms. The number of rotatable bonds is 2. The van der Waals surface area contributed by atoms with Crippen LogP contribution in [0.2, 0.25) is 0 Å². The van der Waals surface area contributed by atoms with E-state index in [0.717, 1.165) is 4.68 Å². The van der Waals surface area contributed by atoms with Gasteiger partial charge in [-0.25, -0.2) is 23.2 Å². The third-order valence-corrected chi connectivity index (χ3v) is 2.88. The number of nitrogens with zero attached hydrogens (tertiary/aromatic N) is 3. The highest BCUT2D eigenvalue weighted by atomic mass is 32.2. The fourth-order valence-corrected chi connectivity index (χ4v) is 1.83. The Morgan fingerprint density at radius 2 is 2.28 bits per heavy atom. The van der Waals surface area contributed by atoms with Gasteiger partial charge in [0.25, 0.3) is 0 Å². The fraction of sp³-hybridized carbons (Fsp3) is 0.556. The summed E-state index contributed by atoms with van der Waals surface area (Å²) in [6, 6.07) is 1.23. The molecular weight excluding hydrogens is 263 g/mol. The second-order valence-corrected chi connectivity index (χ2v) is 6.19. The maximum atomic E-state index is 12.3. The smallest absolute Gasteiger partial charge is 0.442 e. The van der Waals surface area contributed by atoms with Crippen molar-refractivity contribution in [1.82, 2.24) is 9.78 Å². The molecule has 0 unspecified atom stereocenters. The highest BCUT2D eigenvalue weighted by molar-refractivity contribution is 7.91. The summed E-state index contributed by atoms with van der Waals surface area (Å²) in [4.78, 5) is 11.4. The zero-order valence-electron chi connectivity index (χ0n) is 10.3. The predicted molar refractivity (Wildman–Crippen MR) is 62.6 cm³/mol. The van der Waals surface area contributed by atoms with E-state index in [2.05, 4.69) is 9.46 Å². The summed E-state index contributed by atoms with van der Waals surface area (Å²) < 4.78 is 33.2. The molecule has 0 radical (unpaired) electrons. The van der Waals surface area contributed by atoms with Gasteiger partial charge in [-0.3, -0.25) is 0 Å². The second-order valence-electron chi connectivity index (χ2n) is 4.45. The lowest BCUT2D eigenvalue weighted by Gasteiger charge is -2.17. The monoisotopic (exact) mass is 278 g/mol. The third kappa shape index (κ3) is 4.08. The van der Waals surface area contributed by atoms with E-state index in [1.54, 1.807) is 20.8 Å².